The topological polar surface area (TPSA) is 45.2 Å². The maximum Gasteiger partial charge on any atom is 0.317 e. The molecule has 3 unspecified atom stereocenters. The molecular formula is C15H23N3OS2. The third-order valence-electron chi connectivity index (χ3n) is 3.96. The highest BCUT2D eigenvalue weighted by atomic mass is 32.2. The van der Waals surface area contributed by atoms with Gasteiger partial charge in [0.15, 0.2) is 0 Å². The number of thioether (sulfide) groups is 1. The average molecular weight is 326 g/mol. The van der Waals surface area contributed by atoms with Crippen molar-refractivity contribution in [3.63, 3.8) is 0 Å². The van der Waals surface area contributed by atoms with Crippen molar-refractivity contribution in [3.05, 3.63) is 16.1 Å². The molecular weight excluding hydrogens is 302 g/mol. The van der Waals surface area contributed by atoms with E-state index in [4.69, 9.17) is 0 Å². The second kappa shape index (κ2) is 6.16. The van der Waals surface area contributed by atoms with Crippen LogP contribution in [0.2, 0.25) is 0 Å². The predicted molar refractivity (Wildman–Crippen MR) is 89.1 cm³/mol. The van der Waals surface area contributed by atoms with Crippen LogP contribution in [0.4, 0.5) is 4.79 Å². The van der Waals surface area contributed by atoms with Gasteiger partial charge in [0.25, 0.3) is 0 Å². The van der Waals surface area contributed by atoms with Crippen molar-refractivity contribution in [1.82, 2.24) is 15.2 Å². The molecule has 1 aliphatic carbocycles. The highest BCUT2D eigenvalue weighted by Crippen LogP contribution is 2.41. The average Bonchev–Trinajstić information content (AvgIpc) is 3.15. The molecule has 21 heavy (non-hydrogen) atoms. The molecule has 0 aromatic carbocycles. The fourth-order valence-corrected chi connectivity index (χ4v) is 5.12. The van der Waals surface area contributed by atoms with Gasteiger partial charge in [0.1, 0.15) is 0 Å². The van der Waals surface area contributed by atoms with Crippen LogP contribution in [-0.4, -0.2) is 39.5 Å². The van der Waals surface area contributed by atoms with Crippen molar-refractivity contribution in [2.75, 3.05) is 13.1 Å². The van der Waals surface area contributed by atoms with Gasteiger partial charge in [0.05, 0.1) is 16.7 Å². The molecule has 2 fully saturated rings. The number of amides is 2. The van der Waals surface area contributed by atoms with Gasteiger partial charge in [-0.05, 0) is 19.8 Å². The van der Waals surface area contributed by atoms with Crippen molar-refractivity contribution in [3.8, 4) is 0 Å². The van der Waals surface area contributed by atoms with E-state index in [2.05, 4.69) is 29.5 Å². The molecule has 0 bridgehead atoms. The van der Waals surface area contributed by atoms with Gasteiger partial charge in [0, 0.05) is 34.9 Å². The van der Waals surface area contributed by atoms with Crippen molar-refractivity contribution < 1.29 is 4.79 Å². The lowest BCUT2D eigenvalue weighted by atomic mass is 10.2. The standard InChI is InChI=1S/C15H23N3OS2/c1-9-6-18(7-10(2)21-9)15(19)16-11(3)13-8-20-14(17-13)12-4-5-12/h8-12H,4-7H2,1-3H3,(H,16,19). The van der Waals surface area contributed by atoms with Gasteiger partial charge in [-0.1, -0.05) is 13.8 Å². The summed E-state index contributed by atoms with van der Waals surface area (Å²) in [5.74, 6) is 0.687. The maximum atomic E-state index is 12.4. The third kappa shape index (κ3) is 3.72. The molecule has 1 N–H and O–H groups in total. The van der Waals surface area contributed by atoms with Gasteiger partial charge in [-0.2, -0.15) is 11.8 Å². The molecule has 3 rings (SSSR count). The highest BCUT2D eigenvalue weighted by molar-refractivity contribution is 8.00. The number of nitrogens with one attached hydrogen (secondary N) is 1. The minimum Gasteiger partial charge on any atom is -0.330 e. The molecule has 116 valence electrons. The van der Waals surface area contributed by atoms with E-state index in [1.807, 2.05) is 23.6 Å². The molecule has 2 aliphatic rings. The number of hydrogen-bond acceptors (Lipinski definition) is 4. The Hall–Kier alpha value is -0.750. The number of carbonyl (C=O) groups excluding carboxylic acids is 1. The second-order valence-electron chi connectivity index (χ2n) is 6.22. The molecule has 2 heterocycles. The minimum absolute atomic E-state index is 0.0126. The maximum absolute atomic E-state index is 12.4. The monoisotopic (exact) mass is 325 g/mol. The summed E-state index contributed by atoms with van der Waals surface area (Å²) in [5.41, 5.74) is 1.00. The number of carbonyl (C=O) groups is 1. The zero-order chi connectivity index (χ0) is 15.0. The fraction of sp³-hybridized carbons (Fsp3) is 0.733. The largest absolute Gasteiger partial charge is 0.330 e. The molecule has 2 amide bonds. The summed E-state index contributed by atoms with van der Waals surface area (Å²) in [7, 11) is 0. The van der Waals surface area contributed by atoms with Crippen LogP contribution in [0.5, 0.6) is 0 Å². The predicted octanol–water partition coefficient (Wildman–Crippen LogP) is 3.62. The zero-order valence-electron chi connectivity index (χ0n) is 12.8. The Balaban J connectivity index is 1.57. The summed E-state index contributed by atoms with van der Waals surface area (Å²) in [5, 5.41) is 7.45. The second-order valence-corrected chi connectivity index (χ2v) is 8.99. The summed E-state index contributed by atoms with van der Waals surface area (Å²) in [6.07, 6.45) is 2.55. The quantitative estimate of drug-likeness (QED) is 0.923. The van der Waals surface area contributed by atoms with Gasteiger partial charge >= 0.3 is 6.03 Å². The number of thiazole rings is 1. The van der Waals surface area contributed by atoms with Crippen molar-refractivity contribution in [2.24, 2.45) is 0 Å². The van der Waals surface area contributed by atoms with Crippen LogP contribution < -0.4 is 5.32 Å². The lowest BCUT2D eigenvalue weighted by molar-refractivity contribution is 0.193. The Morgan fingerprint density at radius 3 is 2.67 bits per heavy atom. The molecule has 1 saturated carbocycles. The highest BCUT2D eigenvalue weighted by Gasteiger charge is 2.29. The smallest absolute Gasteiger partial charge is 0.317 e. The number of aromatic nitrogens is 1. The first-order valence-electron chi connectivity index (χ1n) is 7.69. The summed E-state index contributed by atoms with van der Waals surface area (Å²) in [6.45, 7) is 8.06. The van der Waals surface area contributed by atoms with E-state index in [9.17, 15) is 4.79 Å². The van der Waals surface area contributed by atoms with E-state index < -0.39 is 0 Å². The lowest BCUT2D eigenvalue weighted by Gasteiger charge is -2.35. The van der Waals surface area contributed by atoms with E-state index in [1.54, 1.807) is 11.3 Å². The molecule has 0 radical (unpaired) electrons. The number of rotatable bonds is 3. The molecule has 1 aromatic rings. The summed E-state index contributed by atoms with van der Waals surface area (Å²) >= 11 is 3.69. The SMILES string of the molecule is CC1CN(C(=O)NC(C)c2csc(C3CC3)n2)CC(C)S1. The number of hydrogen-bond donors (Lipinski definition) is 1. The van der Waals surface area contributed by atoms with Crippen molar-refractivity contribution in [2.45, 2.75) is 56.1 Å². The van der Waals surface area contributed by atoms with Crippen LogP contribution >= 0.6 is 23.1 Å². The molecule has 0 spiro atoms. The van der Waals surface area contributed by atoms with E-state index in [0.717, 1.165) is 18.8 Å². The van der Waals surface area contributed by atoms with Crippen LogP contribution in [0.15, 0.2) is 5.38 Å². The molecule has 4 nitrogen and oxygen atoms in total. The normalized spacial score (nSPS) is 27.5. The Morgan fingerprint density at radius 2 is 2.05 bits per heavy atom. The van der Waals surface area contributed by atoms with E-state index in [1.165, 1.54) is 17.8 Å². The first-order valence-corrected chi connectivity index (χ1v) is 9.51. The molecule has 3 atom stereocenters. The van der Waals surface area contributed by atoms with Gasteiger partial charge in [-0.25, -0.2) is 9.78 Å². The Labute approximate surface area is 134 Å². The molecule has 1 aromatic heterocycles. The van der Waals surface area contributed by atoms with Crippen LogP contribution in [0, 0.1) is 0 Å². The van der Waals surface area contributed by atoms with Gasteiger partial charge in [0.2, 0.25) is 0 Å². The van der Waals surface area contributed by atoms with Crippen molar-refractivity contribution >= 4 is 29.1 Å². The van der Waals surface area contributed by atoms with Crippen LogP contribution in [0.3, 0.4) is 0 Å². The summed E-state index contributed by atoms with van der Waals surface area (Å²) in [6, 6.07) is 0.0314. The zero-order valence-corrected chi connectivity index (χ0v) is 14.5. The summed E-state index contributed by atoms with van der Waals surface area (Å²) in [4.78, 5) is 19.0. The van der Waals surface area contributed by atoms with E-state index in [0.29, 0.717) is 16.4 Å². The first kappa shape index (κ1) is 15.2. The van der Waals surface area contributed by atoms with Gasteiger partial charge < -0.3 is 10.2 Å². The van der Waals surface area contributed by atoms with Crippen molar-refractivity contribution in [1.29, 1.82) is 0 Å². The van der Waals surface area contributed by atoms with Crippen LogP contribution in [0.1, 0.15) is 56.3 Å². The Morgan fingerprint density at radius 1 is 1.38 bits per heavy atom. The number of nitrogens with zero attached hydrogens (tertiary/aromatic N) is 2. The van der Waals surface area contributed by atoms with Gasteiger partial charge in [-0.3, -0.25) is 0 Å². The number of urea groups is 1. The third-order valence-corrected chi connectivity index (χ3v) is 6.21. The Bertz CT molecular complexity index is 505. The summed E-state index contributed by atoms with van der Waals surface area (Å²) < 4.78 is 0. The lowest BCUT2D eigenvalue weighted by Crippen LogP contribution is -2.49. The van der Waals surface area contributed by atoms with E-state index >= 15 is 0 Å². The van der Waals surface area contributed by atoms with Gasteiger partial charge in [-0.15, -0.1) is 11.3 Å². The first-order chi connectivity index (χ1) is 10.0. The molecule has 1 saturated heterocycles. The van der Waals surface area contributed by atoms with E-state index in [-0.39, 0.29) is 12.1 Å². The molecule has 6 heteroatoms. The Kier molecular flexibility index (Phi) is 4.45. The molecule has 1 aliphatic heterocycles. The van der Waals surface area contributed by atoms with Crippen LogP contribution in [-0.2, 0) is 0 Å². The fourth-order valence-electron chi connectivity index (χ4n) is 2.71. The minimum atomic E-state index is -0.0126. The van der Waals surface area contributed by atoms with Crippen LogP contribution in [0.25, 0.3) is 0 Å².